The molecule has 118 valence electrons. The molecular formula is C15H18ClN3O2S. The fourth-order valence-corrected chi connectivity index (χ4v) is 3.19. The Bertz CT molecular complexity index is 758. The van der Waals surface area contributed by atoms with Crippen molar-refractivity contribution in [1.82, 2.24) is 9.55 Å². The Kier molecular flexibility index (Phi) is 5.47. The second kappa shape index (κ2) is 7.15. The van der Waals surface area contributed by atoms with Crippen molar-refractivity contribution in [3.63, 3.8) is 0 Å². The Hall–Kier alpha value is -1.53. The van der Waals surface area contributed by atoms with Crippen LogP contribution in [-0.2, 0) is 11.3 Å². The first-order chi connectivity index (χ1) is 10.4. The van der Waals surface area contributed by atoms with E-state index in [0.717, 1.165) is 0 Å². The van der Waals surface area contributed by atoms with E-state index in [1.165, 1.54) is 11.8 Å². The van der Waals surface area contributed by atoms with Crippen LogP contribution in [0.4, 0.5) is 0 Å². The lowest BCUT2D eigenvalue weighted by atomic mass is 10.2. The van der Waals surface area contributed by atoms with Gasteiger partial charge in [-0.05, 0) is 24.1 Å². The average molecular weight is 340 g/mol. The fourth-order valence-electron chi connectivity index (χ4n) is 2.05. The second-order valence-corrected chi connectivity index (χ2v) is 6.93. The third-order valence-electron chi connectivity index (χ3n) is 3.01. The van der Waals surface area contributed by atoms with Crippen LogP contribution in [0.25, 0.3) is 10.9 Å². The van der Waals surface area contributed by atoms with E-state index < -0.39 is 0 Å². The summed E-state index contributed by atoms with van der Waals surface area (Å²) in [6, 6.07) is 5.08. The van der Waals surface area contributed by atoms with Crippen molar-refractivity contribution >= 4 is 40.2 Å². The van der Waals surface area contributed by atoms with Crippen molar-refractivity contribution in [2.45, 2.75) is 32.0 Å². The van der Waals surface area contributed by atoms with E-state index in [4.69, 9.17) is 17.3 Å². The standard InChI is InChI=1S/C15H18ClN3O2S/c1-9(2)8-19-14(21)11-7-10(16)3-4-12(11)18-15(19)22-6-5-13(17)20/h3-4,7,9H,5-6,8H2,1-2H3,(H2,17,20). The summed E-state index contributed by atoms with van der Waals surface area (Å²) in [7, 11) is 0. The molecule has 0 atom stereocenters. The molecule has 7 heteroatoms. The molecule has 0 saturated heterocycles. The lowest BCUT2D eigenvalue weighted by Crippen LogP contribution is -2.25. The monoisotopic (exact) mass is 339 g/mol. The summed E-state index contributed by atoms with van der Waals surface area (Å²) >= 11 is 7.34. The number of aromatic nitrogens is 2. The van der Waals surface area contributed by atoms with Crippen molar-refractivity contribution in [3.8, 4) is 0 Å². The molecule has 2 N–H and O–H groups in total. The maximum absolute atomic E-state index is 12.7. The maximum atomic E-state index is 12.7. The number of nitrogens with two attached hydrogens (primary N) is 1. The lowest BCUT2D eigenvalue weighted by Gasteiger charge is -2.14. The first-order valence-corrected chi connectivity index (χ1v) is 8.36. The Labute approximate surface area is 137 Å². The van der Waals surface area contributed by atoms with Gasteiger partial charge in [-0.3, -0.25) is 14.2 Å². The van der Waals surface area contributed by atoms with Gasteiger partial charge in [-0.25, -0.2) is 4.98 Å². The fraction of sp³-hybridized carbons (Fsp3) is 0.400. The van der Waals surface area contributed by atoms with Gasteiger partial charge in [-0.15, -0.1) is 0 Å². The predicted octanol–water partition coefficient (Wildman–Crippen LogP) is 2.67. The first kappa shape index (κ1) is 16.8. The molecule has 0 radical (unpaired) electrons. The van der Waals surface area contributed by atoms with Gasteiger partial charge in [0, 0.05) is 23.7 Å². The van der Waals surface area contributed by atoms with Crippen LogP contribution in [0.2, 0.25) is 5.02 Å². The number of rotatable bonds is 6. The van der Waals surface area contributed by atoms with Crippen LogP contribution < -0.4 is 11.3 Å². The van der Waals surface area contributed by atoms with Gasteiger partial charge < -0.3 is 5.73 Å². The Morgan fingerprint density at radius 3 is 2.82 bits per heavy atom. The largest absolute Gasteiger partial charge is 0.370 e. The van der Waals surface area contributed by atoms with Gasteiger partial charge in [0.15, 0.2) is 5.16 Å². The summed E-state index contributed by atoms with van der Waals surface area (Å²) in [5.74, 6) is 0.434. The molecule has 0 unspecified atom stereocenters. The zero-order valence-electron chi connectivity index (χ0n) is 12.5. The molecular weight excluding hydrogens is 322 g/mol. The Morgan fingerprint density at radius 1 is 1.45 bits per heavy atom. The van der Waals surface area contributed by atoms with Crippen molar-refractivity contribution in [1.29, 1.82) is 0 Å². The normalized spacial score (nSPS) is 11.3. The highest BCUT2D eigenvalue weighted by Crippen LogP contribution is 2.21. The van der Waals surface area contributed by atoms with Crippen molar-refractivity contribution in [2.24, 2.45) is 11.7 Å². The number of hydrogen-bond acceptors (Lipinski definition) is 4. The van der Waals surface area contributed by atoms with Crippen LogP contribution in [0.5, 0.6) is 0 Å². The van der Waals surface area contributed by atoms with E-state index in [1.807, 2.05) is 13.8 Å². The van der Waals surface area contributed by atoms with E-state index in [0.29, 0.717) is 39.3 Å². The predicted molar refractivity (Wildman–Crippen MR) is 90.4 cm³/mol. The molecule has 1 heterocycles. The molecule has 5 nitrogen and oxygen atoms in total. The molecule has 1 amide bonds. The summed E-state index contributed by atoms with van der Waals surface area (Å²) in [6.45, 7) is 4.63. The molecule has 0 saturated carbocycles. The average Bonchev–Trinajstić information content (AvgIpc) is 2.43. The van der Waals surface area contributed by atoms with Gasteiger partial charge in [0.05, 0.1) is 10.9 Å². The summed E-state index contributed by atoms with van der Waals surface area (Å²) in [5, 5.41) is 1.62. The van der Waals surface area contributed by atoms with Gasteiger partial charge in [0.1, 0.15) is 0 Å². The molecule has 1 aromatic heterocycles. The van der Waals surface area contributed by atoms with Gasteiger partial charge in [0.25, 0.3) is 5.56 Å². The first-order valence-electron chi connectivity index (χ1n) is 6.99. The summed E-state index contributed by atoms with van der Waals surface area (Å²) < 4.78 is 1.65. The lowest BCUT2D eigenvalue weighted by molar-refractivity contribution is -0.117. The van der Waals surface area contributed by atoms with E-state index in [-0.39, 0.29) is 17.9 Å². The van der Waals surface area contributed by atoms with Crippen LogP contribution in [0.15, 0.2) is 28.2 Å². The minimum atomic E-state index is -0.363. The van der Waals surface area contributed by atoms with Gasteiger partial charge in [0.2, 0.25) is 5.91 Å². The number of carbonyl (C=O) groups is 1. The SMILES string of the molecule is CC(C)Cn1c(SCCC(N)=O)nc2ccc(Cl)cc2c1=O. The Morgan fingerprint density at radius 2 is 2.18 bits per heavy atom. The van der Waals surface area contributed by atoms with E-state index in [2.05, 4.69) is 4.98 Å². The highest BCUT2D eigenvalue weighted by molar-refractivity contribution is 7.99. The number of benzene rings is 1. The van der Waals surface area contributed by atoms with E-state index in [1.54, 1.807) is 22.8 Å². The minimum Gasteiger partial charge on any atom is -0.370 e. The van der Waals surface area contributed by atoms with Gasteiger partial charge in [-0.1, -0.05) is 37.2 Å². The number of halogens is 1. The highest BCUT2D eigenvalue weighted by atomic mass is 35.5. The molecule has 0 aliphatic rings. The molecule has 2 rings (SSSR count). The number of hydrogen-bond donors (Lipinski definition) is 1. The van der Waals surface area contributed by atoms with Crippen molar-refractivity contribution in [2.75, 3.05) is 5.75 Å². The summed E-state index contributed by atoms with van der Waals surface area (Å²) in [6.07, 6.45) is 0.251. The quantitative estimate of drug-likeness (QED) is 0.648. The number of fused-ring (bicyclic) bond motifs is 1. The van der Waals surface area contributed by atoms with Crippen LogP contribution in [0.1, 0.15) is 20.3 Å². The van der Waals surface area contributed by atoms with Gasteiger partial charge >= 0.3 is 0 Å². The van der Waals surface area contributed by atoms with Gasteiger partial charge in [-0.2, -0.15) is 0 Å². The molecule has 2 aromatic rings. The zero-order chi connectivity index (χ0) is 16.3. The molecule has 0 aliphatic heterocycles. The maximum Gasteiger partial charge on any atom is 0.262 e. The van der Waals surface area contributed by atoms with Crippen molar-refractivity contribution in [3.05, 3.63) is 33.6 Å². The summed E-state index contributed by atoms with van der Waals surface area (Å²) in [4.78, 5) is 28.1. The van der Waals surface area contributed by atoms with Crippen LogP contribution in [0, 0.1) is 5.92 Å². The second-order valence-electron chi connectivity index (χ2n) is 5.43. The number of primary amides is 1. The zero-order valence-corrected chi connectivity index (χ0v) is 14.1. The van der Waals surface area contributed by atoms with E-state index >= 15 is 0 Å². The minimum absolute atomic E-state index is 0.109. The third kappa shape index (κ3) is 4.01. The van der Waals surface area contributed by atoms with Crippen LogP contribution >= 0.6 is 23.4 Å². The number of carbonyl (C=O) groups excluding carboxylic acids is 1. The highest BCUT2D eigenvalue weighted by Gasteiger charge is 2.13. The van der Waals surface area contributed by atoms with E-state index in [9.17, 15) is 9.59 Å². The molecule has 0 aliphatic carbocycles. The molecule has 22 heavy (non-hydrogen) atoms. The van der Waals surface area contributed by atoms with Crippen LogP contribution in [0.3, 0.4) is 0 Å². The molecule has 1 aromatic carbocycles. The smallest absolute Gasteiger partial charge is 0.262 e. The third-order valence-corrected chi connectivity index (χ3v) is 4.22. The molecule has 0 spiro atoms. The van der Waals surface area contributed by atoms with Crippen LogP contribution in [-0.4, -0.2) is 21.2 Å². The van der Waals surface area contributed by atoms with Crippen molar-refractivity contribution < 1.29 is 4.79 Å². The topological polar surface area (TPSA) is 78.0 Å². The number of nitrogens with zero attached hydrogens (tertiary/aromatic N) is 2. The molecule has 0 fully saturated rings. The Balaban J connectivity index is 2.49. The molecule has 0 bridgehead atoms. The number of thioether (sulfide) groups is 1. The summed E-state index contributed by atoms with van der Waals surface area (Å²) in [5.41, 5.74) is 5.66. The number of amides is 1.